The van der Waals surface area contributed by atoms with Gasteiger partial charge in [-0.1, -0.05) is 41.9 Å². The number of rotatable bonds is 6. The largest absolute Gasteiger partial charge is 0.488 e. The van der Waals surface area contributed by atoms with Crippen molar-refractivity contribution in [2.75, 3.05) is 0 Å². The third kappa shape index (κ3) is 3.74. The fourth-order valence-electron chi connectivity index (χ4n) is 2.15. The molecule has 0 radical (unpaired) electrons. The summed E-state index contributed by atoms with van der Waals surface area (Å²) in [6, 6.07) is 13.4. The van der Waals surface area contributed by atoms with Crippen LogP contribution in [0.25, 0.3) is 0 Å². The second-order valence-corrected chi connectivity index (χ2v) is 5.67. The molecule has 0 aliphatic heterocycles. The highest BCUT2D eigenvalue weighted by Crippen LogP contribution is 2.24. The van der Waals surface area contributed by atoms with Crippen molar-refractivity contribution in [2.24, 2.45) is 0 Å². The molecule has 2 aromatic rings. The van der Waals surface area contributed by atoms with E-state index in [-0.39, 0.29) is 11.6 Å². The smallest absolute Gasteiger partial charge is 0.148 e. The Labute approximate surface area is 128 Å². The van der Waals surface area contributed by atoms with Gasteiger partial charge in [0, 0.05) is 23.7 Å². The van der Waals surface area contributed by atoms with E-state index < -0.39 is 5.82 Å². The average molecular weight is 306 g/mol. The van der Waals surface area contributed by atoms with Gasteiger partial charge in [-0.05, 0) is 25.0 Å². The molecule has 0 spiro atoms. The van der Waals surface area contributed by atoms with E-state index in [9.17, 15) is 4.39 Å². The molecule has 0 unspecified atom stereocenters. The van der Waals surface area contributed by atoms with Crippen molar-refractivity contribution in [3.8, 4) is 5.75 Å². The Morgan fingerprint density at radius 3 is 2.67 bits per heavy atom. The molecule has 1 aliphatic carbocycles. The Morgan fingerprint density at radius 2 is 1.86 bits per heavy atom. The van der Waals surface area contributed by atoms with Gasteiger partial charge in [0.1, 0.15) is 18.2 Å². The maximum Gasteiger partial charge on any atom is 0.148 e. The minimum atomic E-state index is -0.409. The lowest BCUT2D eigenvalue weighted by Gasteiger charge is -2.12. The summed E-state index contributed by atoms with van der Waals surface area (Å²) in [5, 5.41) is 3.58. The summed E-state index contributed by atoms with van der Waals surface area (Å²) in [6.45, 7) is 0.950. The summed E-state index contributed by atoms with van der Waals surface area (Å²) in [7, 11) is 0. The summed E-state index contributed by atoms with van der Waals surface area (Å²) in [6.07, 6.45) is 2.49. The van der Waals surface area contributed by atoms with E-state index in [1.165, 1.54) is 18.9 Å². The normalized spacial score (nSPS) is 14.2. The Hall–Kier alpha value is -1.58. The number of nitrogens with one attached hydrogen (secondary N) is 1. The van der Waals surface area contributed by atoms with Crippen LogP contribution in [0, 0.1) is 5.82 Å². The molecular weight excluding hydrogens is 289 g/mol. The van der Waals surface area contributed by atoms with Crippen molar-refractivity contribution in [3.63, 3.8) is 0 Å². The van der Waals surface area contributed by atoms with Crippen LogP contribution >= 0.6 is 11.6 Å². The highest BCUT2D eigenvalue weighted by Gasteiger charge is 2.20. The SMILES string of the molecule is Fc1c(Cl)cccc1COc1ccccc1CNC1CC1. The van der Waals surface area contributed by atoms with Crippen molar-refractivity contribution in [1.29, 1.82) is 0 Å². The van der Waals surface area contributed by atoms with E-state index in [2.05, 4.69) is 5.32 Å². The lowest BCUT2D eigenvalue weighted by atomic mass is 10.2. The van der Waals surface area contributed by atoms with E-state index in [1.54, 1.807) is 12.1 Å². The van der Waals surface area contributed by atoms with Crippen LogP contribution in [0.4, 0.5) is 4.39 Å². The van der Waals surface area contributed by atoms with Crippen LogP contribution in [0.5, 0.6) is 5.75 Å². The second kappa shape index (κ2) is 6.46. The molecule has 2 aromatic carbocycles. The van der Waals surface area contributed by atoms with Gasteiger partial charge in [0.25, 0.3) is 0 Å². The second-order valence-electron chi connectivity index (χ2n) is 5.26. The Morgan fingerprint density at radius 1 is 1.10 bits per heavy atom. The first kappa shape index (κ1) is 14.4. The van der Waals surface area contributed by atoms with Gasteiger partial charge in [0.05, 0.1) is 5.02 Å². The van der Waals surface area contributed by atoms with Gasteiger partial charge in [0.15, 0.2) is 0 Å². The van der Waals surface area contributed by atoms with E-state index in [0.29, 0.717) is 11.6 Å². The van der Waals surface area contributed by atoms with E-state index in [0.717, 1.165) is 17.9 Å². The van der Waals surface area contributed by atoms with E-state index in [1.807, 2.05) is 24.3 Å². The summed E-state index contributed by atoms with van der Waals surface area (Å²) in [5.41, 5.74) is 1.55. The highest BCUT2D eigenvalue weighted by molar-refractivity contribution is 6.30. The van der Waals surface area contributed by atoms with Crippen LogP contribution in [-0.2, 0) is 13.2 Å². The maximum atomic E-state index is 13.8. The van der Waals surface area contributed by atoms with Crippen molar-refractivity contribution in [1.82, 2.24) is 5.32 Å². The number of halogens is 2. The van der Waals surface area contributed by atoms with Gasteiger partial charge in [-0.25, -0.2) is 4.39 Å². The van der Waals surface area contributed by atoms with Gasteiger partial charge in [-0.2, -0.15) is 0 Å². The lowest BCUT2D eigenvalue weighted by molar-refractivity contribution is 0.296. The topological polar surface area (TPSA) is 21.3 Å². The van der Waals surface area contributed by atoms with E-state index >= 15 is 0 Å². The van der Waals surface area contributed by atoms with Gasteiger partial charge in [-0.3, -0.25) is 0 Å². The van der Waals surface area contributed by atoms with Crippen LogP contribution in [0.3, 0.4) is 0 Å². The molecule has 1 N–H and O–H groups in total. The molecule has 21 heavy (non-hydrogen) atoms. The number of para-hydroxylation sites is 1. The molecule has 1 fully saturated rings. The molecule has 1 saturated carbocycles. The van der Waals surface area contributed by atoms with Gasteiger partial charge >= 0.3 is 0 Å². The zero-order valence-electron chi connectivity index (χ0n) is 11.6. The molecule has 0 heterocycles. The molecule has 4 heteroatoms. The van der Waals surface area contributed by atoms with Crippen molar-refractivity contribution < 1.29 is 9.13 Å². The Bertz CT molecular complexity index is 628. The van der Waals surface area contributed by atoms with Crippen molar-refractivity contribution >= 4 is 11.6 Å². The van der Waals surface area contributed by atoms with Crippen LogP contribution in [0.15, 0.2) is 42.5 Å². The summed E-state index contributed by atoms with van der Waals surface area (Å²) in [4.78, 5) is 0. The molecule has 0 saturated heterocycles. The third-order valence-electron chi connectivity index (χ3n) is 3.55. The van der Waals surface area contributed by atoms with Crippen LogP contribution in [-0.4, -0.2) is 6.04 Å². The first-order chi connectivity index (χ1) is 10.2. The molecular formula is C17H17ClFNO. The molecule has 3 rings (SSSR count). The first-order valence-corrected chi connectivity index (χ1v) is 7.49. The number of benzene rings is 2. The average Bonchev–Trinajstić information content (AvgIpc) is 3.32. The molecule has 110 valence electrons. The zero-order chi connectivity index (χ0) is 14.7. The lowest BCUT2D eigenvalue weighted by Crippen LogP contribution is -2.16. The standard InChI is InChI=1S/C17H17ClFNO/c18-15-6-3-5-13(17(15)19)11-21-16-7-2-1-4-12(16)10-20-14-8-9-14/h1-7,14,20H,8-11H2. The van der Waals surface area contributed by atoms with Crippen LogP contribution in [0.2, 0.25) is 5.02 Å². The summed E-state index contributed by atoms with van der Waals surface area (Å²) >= 11 is 5.78. The monoisotopic (exact) mass is 305 g/mol. The number of hydrogen-bond donors (Lipinski definition) is 1. The fourth-order valence-corrected chi connectivity index (χ4v) is 2.34. The first-order valence-electron chi connectivity index (χ1n) is 7.11. The van der Waals surface area contributed by atoms with Gasteiger partial charge in [0.2, 0.25) is 0 Å². The summed E-state index contributed by atoms with van der Waals surface area (Å²) in [5.74, 6) is 0.373. The molecule has 0 bridgehead atoms. The van der Waals surface area contributed by atoms with Gasteiger partial charge in [-0.15, -0.1) is 0 Å². The highest BCUT2D eigenvalue weighted by atomic mass is 35.5. The predicted molar refractivity (Wildman–Crippen MR) is 82.0 cm³/mol. The van der Waals surface area contributed by atoms with Crippen molar-refractivity contribution in [3.05, 3.63) is 64.4 Å². The summed E-state index contributed by atoms with van der Waals surface area (Å²) < 4.78 is 19.6. The fraction of sp³-hybridized carbons (Fsp3) is 0.294. The third-order valence-corrected chi connectivity index (χ3v) is 3.84. The molecule has 2 nitrogen and oxygen atoms in total. The van der Waals surface area contributed by atoms with Crippen molar-refractivity contribution in [2.45, 2.75) is 32.0 Å². The quantitative estimate of drug-likeness (QED) is 0.858. The minimum Gasteiger partial charge on any atom is -0.488 e. The molecule has 0 amide bonds. The Balaban J connectivity index is 1.67. The number of hydrogen-bond acceptors (Lipinski definition) is 2. The minimum absolute atomic E-state index is 0.125. The Kier molecular flexibility index (Phi) is 4.42. The zero-order valence-corrected chi connectivity index (χ0v) is 12.4. The molecule has 1 aliphatic rings. The van der Waals surface area contributed by atoms with Gasteiger partial charge < -0.3 is 10.1 Å². The maximum absolute atomic E-state index is 13.8. The van der Waals surface area contributed by atoms with Crippen LogP contribution in [0.1, 0.15) is 24.0 Å². The molecule has 0 atom stereocenters. The van der Waals surface area contributed by atoms with Crippen LogP contribution < -0.4 is 10.1 Å². The predicted octanol–water partition coefficient (Wildman–Crippen LogP) is 4.31. The number of ether oxygens (including phenoxy) is 1. The molecule has 0 aromatic heterocycles. The van der Waals surface area contributed by atoms with E-state index in [4.69, 9.17) is 16.3 Å².